The maximum Gasteiger partial charge on any atom is 0.108 e. The van der Waals surface area contributed by atoms with E-state index in [1.807, 2.05) is 6.07 Å². The summed E-state index contributed by atoms with van der Waals surface area (Å²) >= 11 is 3.30. The van der Waals surface area contributed by atoms with Gasteiger partial charge in [-0.05, 0) is 35.3 Å². The molecule has 1 unspecified atom stereocenters. The highest BCUT2D eigenvalue weighted by Gasteiger charge is 2.03. The smallest absolute Gasteiger partial charge is 0.108 e. The van der Waals surface area contributed by atoms with Gasteiger partial charge < -0.3 is 11.1 Å². The molecule has 1 aromatic heterocycles. The molecule has 13 heavy (non-hydrogen) atoms. The number of hydrogen-bond acceptors (Lipinski definition) is 3. The van der Waals surface area contributed by atoms with Crippen molar-refractivity contribution in [3.8, 4) is 0 Å². The first-order chi connectivity index (χ1) is 6.13. The molecule has 1 atom stereocenters. The van der Waals surface area contributed by atoms with Gasteiger partial charge in [0, 0.05) is 6.04 Å². The van der Waals surface area contributed by atoms with Gasteiger partial charge in [0.2, 0.25) is 0 Å². The minimum atomic E-state index is 0.427. The molecule has 3 nitrogen and oxygen atoms in total. The van der Waals surface area contributed by atoms with E-state index < -0.39 is 0 Å². The number of rotatable bonds is 3. The predicted octanol–water partition coefficient (Wildman–Crippen LogP) is 2.64. The zero-order valence-corrected chi connectivity index (χ0v) is 9.43. The van der Waals surface area contributed by atoms with Crippen molar-refractivity contribution in [2.75, 3.05) is 11.1 Å². The molecule has 1 aromatic rings. The molecule has 0 aliphatic carbocycles. The van der Waals surface area contributed by atoms with Gasteiger partial charge >= 0.3 is 0 Å². The van der Waals surface area contributed by atoms with Gasteiger partial charge in [0.25, 0.3) is 0 Å². The van der Waals surface area contributed by atoms with Crippen LogP contribution in [0.2, 0.25) is 0 Å². The van der Waals surface area contributed by atoms with Crippen molar-refractivity contribution in [1.82, 2.24) is 4.98 Å². The molecule has 1 rings (SSSR count). The Labute approximate surface area is 86.9 Å². The first kappa shape index (κ1) is 10.3. The summed E-state index contributed by atoms with van der Waals surface area (Å²) < 4.78 is 0.799. The van der Waals surface area contributed by atoms with Gasteiger partial charge in [0.05, 0.1) is 17.6 Å². The van der Waals surface area contributed by atoms with E-state index in [1.165, 1.54) is 0 Å². The lowest BCUT2D eigenvalue weighted by molar-refractivity contribution is 0.764. The van der Waals surface area contributed by atoms with Crippen LogP contribution in [0.3, 0.4) is 0 Å². The van der Waals surface area contributed by atoms with Gasteiger partial charge in [-0.25, -0.2) is 4.98 Å². The SMILES string of the molecule is CCC(C)Nc1cc(Br)ncc1N. The predicted molar refractivity (Wildman–Crippen MR) is 59.7 cm³/mol. The summed E-state index contributed by atoms with van der Waals surface area (Å²) in [6, 6.07) is 2.32. The maximum atomic E-state index is 5.75. The fourth-order valence-corrected chi connectivity index (χ4v) is 1.26. The molecule has 0 aliphatic rings. The minimum Gasteiger partial charge on any atom is -0.396 e. The van der Waals surface area contributed by atoms with Crippen molar-refractivity contribution in [2.24, 2.45) is 0 Å². The molecule has 0 aromatic carbocycles. The van der Waals surface area contributed by atoms with Crippen LogP contribution in [0, 0.1) is 0 Å². The van der Waals surface area contributed by atoms with Gasteiger partial charge in [-0.15, -0.1) is 0 Å². The molecular weight excluding hydrogens is 230 g/mol. The van der Waals surface area contributed by atoms with Crippen LogP contribution >= 0.6 is 15.9 Å². The lowest BCUT2D eigenvalue weighted by Gasteiger charge is -2.14. The van der Waals surface area contributed by atoms with Crippen LogP contribution in [-0.2, 0) is 0 Å². The molecule has 0 amide bonds. The van der Waals surface area contributed by atoms with Crippen LogP contribution in [0.15, 0.2) is 16.9 Å². The standard InChI is InChI=1S/C9H14BrN3/c1-3-6(2)13-8-4-9(10)12-5-7(8)11/h4-6H,3,11H2,1-2H3,(H,12,13). The fourth-order valence-electron chi connectivity index (χ4n) is 0.933. The molecule has 0 saturated carbocycles. The van der Waals surface area contributed by atoms with Crippen molar-refractivity contribution in [1.29, 1.82) is 0 Å². The largest absolute Gasteiger partial charge is 0.396 e. The van der Waals surface area contributed by atoms with Crippen LogP contribution in [0.25, 0.3) is 0 Å². The summed E-state index contributed by atoms with van der Waals surface area (Å²) in [6.07, 6.45) is 2.72. The molecule has 0 bridgehead atoms. The molecule has 0 spiro atoms. The topological polar surface area (TPSA) is 50.9 Å². The van der Waals surface area contributed by atoms with Gasteiger partial charge in [-0.2, -0.15) is 0 Å². The first-order valence-corrected chi connectivity index (χ1v) is 5.10. The fraction of sp³-hybridized carbons (Fsp3) is 0.444. The summed E-state index contributed by atoms with van der Waals surface area (Å²) in [6.45, 7) is 4.25. The first-order valence-electron chi connectivity index (χ1n) is 4.31. The number of nitrogens with zero attached hydrogens (tertiary/aromatic N) is 1. The van der Waals surface area contributed by atoms with Gasteiger partial charge in [-0.3, -0.25) is 0 Å². The summed E-state index contributed by atoms with van der Waals surface area (Å²) in [4.78, 5) is 4.02. The van der Waals surface area contributed by atoms with E-state index in [4.69, 9.17) is 5.73 Å². The number of nitrogens with one attached hydrogen (secondary N) is 1. The number of hydrogen-bond donors (Lipinski definition) is 2. The zero-order valence-electron chi connectivity index (χ0n) is 7.84. The number of nitrogen functional groups attached to an aromatic ring is 1. The molecule has 0 aliphatic heterocycles. The summed E-state index contributed by atoms with van der Waals surface area (Å²) in [7, 11) is 0. The number of nitrogens with two attached hydrogens (primary N) is 1. The van der Waals surface area contributed by atoms with Gasteiger partial charge in [0.15, 0.2) is 0 Å². The second-order valence-electron chi connectivity index (χ2n) is 3.05. The number of halogens is 1. The molecule has 4 heteroatoms. The van der Waals surface area contributed by atoms with Crippen molar-refractivity contribution in [2.45, 2.75) is 26.3 Å². The molecule has 72 valence electrons. The molecular formula is C9H14BrN3. The van der Waals surface area contributed by atoms with E-state index in [0.717, 1.165) is 16.7 Å². The van der Waals surface area contributed by atoms with Crippen molar-refractivity contribution >= 4 is 27.3 Å². The van der Waals surface area contributed by atoms with Gasteiger partial charge in [-0.1, -0.05) is 6.92 Å². The van der Waals surface area contributed by atoms with Crippen molar-refractivity contribution in [3.63, 3.8) is 0 Å². The van der Waals surface area contributed by atoms with Gasteiger partial charge in [0.1, 0.15) is 4.60 Å². The lowest BCUT2D eigenvalue weighted by Crippen LogP contribution is -2.14. The highest BCUT2D eigenvalue weighted by molar-refractivity contribution is 9.10. The third kappa shape index (κ3) is 2.88. The van der Waals surface area contributed by atoms with Crippen molar-refractivity contribution < 1.29 is 0 Å². The molecule has 3 N–H and O–H groups in total. The van der Waals surface area contributed by atoms with Crippen LogP contribution < -0.4 is 11.1 Å². The summed E-state index contributed by atoms with van der Waals surface area (Å²) in [5.74, 6) is 0. The Morgan fingerprint density at radius 1 is 1.69 bits per heavy atom. The third-order valence-corrected chi connectivity index (χ3v) is 2.35. The quantitative estimate of drug-likeness (QED) is 0.803. The maximum absolute atomic E-state index is 5.75. The average molecular weight is 244 g/mol. The van der Waals surface area contributed by atoms with Crippen LogP contribution in [0.1, 0.15) is 20.3 Å². The normalized spacial score (nSPS) is 12.5. The lowest BCUT2D eigenvalue weighted by atomic mass is 10.2. The third-order valence-electron chi connectivity index (χ3n) is 1.92. The highest BCUT2D eigenvalue weighted by atomic mass is 79.9. The summed E-state index contributed by atoms with van der Waals surface area (Å²) in [5.41, 5.74) is 7.37. The molecule has 0 radical (unpaired) electrons. The molecule has 1 heterocycles. The Morgan fingerprint density at radius 3 is 3.00 bits per heavy atom. The molecule has 0 fully saturated rings. The Kier molecular flexibility index (Phi) is 3.54. The number of pyridine rings is 1. The average Bonchev–Trinajstić information content (AvgIpc) is 2.11. The monoisotopic (exact) mass is 243 g/mol. The van der Waals surface area contributed by atoms with E-state index in [0.29, 0.717) is 11.7 Å². The Morgan fingerprint density at radius 2 is 2.38 bits per heavy atom. The van der Waals surface area contributed by atoms with E-state index in [2.05, 4.69) is 40.1 Å². The Hall–Kier alpha value is -0.770. The highest BCUT2D eigenvalue weighted by Crippen LogP contribution is 2.21. The Balaban J connectivity index is 2.81. The van der Waals surface area contributed by atoms with E-state index in [1.54, 1.807) is 6.20 Å². The summed E-state index contributed by atoms with van der Waals surface area (Å²) in [5, 5.41) is 3.31. The minimum absolute atomic E-state index is 0.427. The second kappa shape index (κ2) is 4.46. The Bertz CT molecular complexity index is 288. The van der Waals surface area contributed by atoms with E-state index >= 15 is 0 Å². The zero-order chi connectivity index (χ0) is 9.84. The van der Waals surface area contributed by atoms with Crippen molar-refractivity contribution in [3.05, 3.63) is 16.9 Å². The van der Waals surface area contributed by atoms with Crippen LogP contribution in [0.4, 0.5) is 11.4 Å². The van der Waals surface area contributed by atoms with Crippen LogP contribution in [0.5, 0.6) is 0 Å². The van der Waals surface area contributed by atoms with E-state index in [9.17, 15) is 0 Å². The van der Waals surface area contributed by atoms with E-state index in [-0.39, 0.29) is 0 Å². The molecule has 0 saturated heterocycles. The van der Waals surface area contributed by atoms with Crippen LogP contribution in [-0.4, -0.2) is 11.0 Å². The second-order valence-corrected chi connectivity index (χ2v) is 3.86. The number of aromatic nitrogens is 1. The number of anilines is 2.